The minimum absolute atomic E-state index is 0.0956. The number of thiol groups is 1. The zero-order valence-corrected chi connectivity index (χ0v) is 19.9. The van der Waals surface area contributed by atoms with Gasteiger partial charge in [0.1, 0.15) is 12.4 Å². The van der Waals surface area contributed by atoms with Crippen molar-refractivity contribution in [3.05, 3.63) is 38.3 Å². The molecule has 0 bridgehead atoms. The first-order valence-electron chi connectivity index (χ1n) is 9.58. The third-order valence-corrected chi connectivity index (χ3v) is 5.68. The fourth-order valence-electron chi connectivity index (χ4n) is 2.87. The van der Waals surface area contributed by atoms with Gasteiger partial charge in [0.2, 0.25) is 5.95 Å². The van der Waals surface area contributed by atoms with Crippen molar-refractivity contribution in [1.29, 1.82) is 0 Å². The Morgan fingerprint density at radius 3 is 2.50 bits per heavy atom. The number of likely N-dealkylation sites (N-methyl/N-ethyl adjacent to an activating group) is 1. The summed E-state index contributed by atoms with van der Waals surface area (Å²) in [5.74, 6) is 0.409. The van der Waals surface area contributed by atoms with Gasteiger partial charge in [-0.15, -0.1) is 12.6 Å². The van der Waals surface area contributed by atoms with E-state index in [4.69, 9.17) is 33.7 Å². The number of ether oxygens (including phenoxy) is 1. The molecule has 0 saturated heterocycles. The van der Waals surface area contributed by atoms with Crippen molar-refractivity contribution >= 4 is 53.6 Å². The highest BCUT2D eigenvalue weighted by Crippen LogP contribution is 2.38. The van der Waals surface area contributed by atoms with Gasteiger partial charge >= 0.3 is 0 Å². The summed E-state index contributed by atoms with van der Waals surface area (Å²) in [5, 5.41) is 0.782. The quantitative estimate of drug-likeness (QED) is 0.401. The highest BCUT2D eigenvalue weighted by atomic mass is 35.5. The summed E-state index contributed by atoms with van der Waals surface area (Å²) in [4.78, 5) is 22.8. The monoisotopic (exact) mass is 468 g/mol. The first kappa shape index (κ1) is 24.5. The predicted octanol–water partition coefficient (Wildman–Crippen LogP) is 4.92. The number of nitrogens with zero attached hydrogens (tertiary/aromatic N) is 3. The van der Waals surface area contributed by atoms with Gasteiger partial charge in [-0.3, -0.25) is 4.79 Å². The van der Waals surface area contributed by atoms with Crippen LogP contribution in [0.15, 0.2) is 17.0 Å². The normalized spacial score (nSPS) is 11.8. The summed E-state index contributed by atoms with van der Waals surface area (Å²) >= 11 is 17.1. The van der Waals surface area contributed by atoms with E-state index in [9.17, 15) is 4.79 Å². The van der Waals surface area contributed by atoms with Crippen LogP contribution in [-0.4, -0.2) is 46.9 Å². The topological polar surface area (TPSA) is 81.3 Å². The van der Waals surface area contributed by atoms with E-state index in [0.717, 1.165) is 19.6 Å². The van der Waals surface area contributed by atoms with Crippen molar-refractivity contribution in [3.63, 3.8) is 0 Å². The Hall–Kier alpha value is -1.80. The molecule has 1 heterocycles. The Bertz CT molecular complexity index is 963. The molecule has 0 radical (unpaired) electrons. The lowest BCUT2D eigenvalue weighted by Gasteiger charge is -2.19. The van der Waals surface area contributed by atoms with Crippen molar-refractivity contribution < 1.29 is 9.53 Å². The standard InChI is InChI=1S/C21H26Cl2N4O2S/c1-5-27(6-2)7-8-29-18-9-15(16(22)11-17(18)23)20-14(10-19(30)13(4)28)12(3)25-21(24)26-20/h9-11,30H,5-8H2,1-4H3,(H2,24,25,26)/b19-10-. The second-order valence-electron chi connectivity index (χ2n) is 6.65. The van der Waals surface area contributed by atoms with E-state index in [1.807, 2.05) is 0 Å². The molecule has 30 heavy (non-hydrogen) atoms. The summed E-state index contributed by atoms with van der Waals surface area (Å²) < 4.78 is 5.92. The van der Waals surface area contributed by atoms with Gasteiger partial charge in [0, 0.05) is 22.6 Å². The van der Waals surface area contributed by atoms with Gasteiger partial charge in [0.05, 0.1) is 21.4 Å². The fourth-order valence-corrected chi connectivity index (χ4v) is 3.52. The molecule has 0 aliphatic rings. The molecule has 0 amide bonds. The van der Waals surface area contributed by atoms with Gasteiger partial charge < -0.3 is 15.4 Å². The van der Waals surface area contributed by atoms with E-state index >= 15 is 0 Å². The molecule has 0 atom stereocenters. The molecule has 0 fully saturated rings. The van der Waals surface area contributed by atoms with E-state index in [1.54, 1.807) is 25.1 Å². The first-order valence-corrected chi connectivity index (χ1v) is 10.8. The first-order chi connectivity index (χ1) is 14.2. The predicted molar refractivity (Wildman–Crippen MR) is 128 cm³/mol. The molecule has 2 aromatic rings. The number of carbonyl (C=O) groups excluding carboxylic acids is 1. The molecule has 9 heteroatoms. The number of allylic oxidation sites excluding steroid dienone is 1. The number of hydrogen-bond donors (Lipinski definition) is 2. The lowest BCUT2D eigenvalue weighted by molar-refractivity contribution is -0.112. The lowest BCUT2D eigenvalue weighted by atomic mass is 10.0. The smallest absolute Gasteiger partial charge is 0.220 e. The zero-order valence-electron chi connectivity index (χ0n) is 17.5. The molecule has 0 saturated carbocycles. The number of benzene rings is 1. The minimum atomic E-state index is -0.178. The Labute approximate surface area is 192 Å². The number of nitrogen functional groups attached to an aromatic ring is 1. The third kappa shape index (κ3) is 6.11. The number of anilines is 1. The number of aromatic nitrogens is 2. The Balaban J connectivity index is 2.51. The van der Waals surface area contributed by atoms with Crippen LogP contribution >= 0.6 is 35.8 Å². The molecule has 162 valence electrons. The fraction of sp³-hybridized carbons (Fsp3) is 0.381. The van der Waals surface area contributed by atoms with Crippen LogP contribution in [0.25, 0.3) is 17.3 Å². The van der Waals surface area contributed by atoms with E-state index in [1.165, 1.54) is 6.92 Å². The van der Waals surface area contributed by atoms with E-state index < -0.39 is 0 Å². The Kier molecular flexibility index (Phi) is 8.97. The van der Waals surface area contributed by atoms with Gasteiger partial charge in [0.25, 0.3) is 0 Å². The van der Waals surface area contributed by atoms with Crippen LogP contribution in [0.1, 0.15) is 32.0 Å². The Morgan fingerprint density at radius 1 is 1.23 bits per heavy atom. The summed E-state index contributed by atoms with van der Waals surface area (Å²) in [6, 6.07) is 3.34. The number of halogens is 2. The van der Waals surface area contributed by atoms with Gasteiger partial charge in [-0.05, 0) is 45.1 Å². The highest BCUT2D eigenvalue weighted by Gasteiger charge is 2.18. The van der Waals surface area contributed by atoms with Crippen LogP contribution in [0.3, 0.4) is 0 Å². The van der Waals surface area contributed by atoms with Crippen molar-refractivity contribution in [2.75, 3.05) is 32.0 Å². The lowest BCUT2D eigenvalue weighted by Crippen LogP contribution is -2.27. The second-order valence-corrected chi connectivity index (χ2v) is 7.95. The zero-order chi connectivity index (χ0) is 22.4. The number of aryl methyl sites for hydroxylation is 1. The summed E-state index contributed by atoms with van der Waals surface area (Å²) in [6.45, 7) is 10.5. The van der Waals surface area contributed by atoms with Gasteiger partial charge in [-0.1, -0.05) is 37.0 Å². The second kappa shape index (κ2) is 11.0. The van der Waals surface area contributed by atoms with E-state index in [-0.39, 0.29) is 16.6 Å². The Morgan fingerprint density at radius 2 is 1.90 bits per heavy atom. The SMILES string of the molecule is CCN(CC)CCOc1cc(-c2nc(N)nc(C)c2/C=C(\S)C(C)=O)c(Cl)cc1Cl. The minimum Gasteiger partial charge on any atom is -0.491 e. The number of rotatable bonds is 9. The maximum atomic E-state index is 11.7. The number of ketones is 1. The molecular formula is C21H26Cl2N4O2S. The van der Waals surface area contributed by atoms with Gasteiger partial charge in [-0.2, -0.15) is 0 Å². The molecule has 0 aliphatic heterocycles. The molecule has 1 aromatic heterocycles. The van der Waals surface area contributed by atoms with E-state index in [2.05, 4.69) is 41.3 Å². The number of Topliss-reactive ketones (excluding diaryl/α,β-unsaturated/α-hetero) is 1. The molecular weight excluding hydrogens is 443 g/mol. The van der Waals surface area contributed by atoms with Gasteiger partial charge in [0.15, 0.2) is 5.78 Å². The van der Waals surface area contributed by atoms with E-state index in [0.29, 0.717) is 44.9 Å². The van der Waals surface area contributed by atoms with Gasteiger partial charge in [-0.25, -0.2) is 9.97 Å². The van der Waals surface area contributed by atoms with Crippen molar-refractivity contribution in [1.82, 2.24) is 14.9 Å². The molecule has 0 spiro atoms. The largest absolute Gasteiger partial charge is 0.491 e. The third-order valence-electron chi connectivity index (χ3n) is 4.63. The average molecular weight is 469 g/mol. The molecule has 1 aromatic carbocycles. The molecule has 0 unspecified atom stereocenters. The van der Waals surface area contributed by atoms with Crippen LogP contribution < -0.4 is 10.5 Å². The molecule has 0 aliphatic carbocycles. The highest BCUT2D eigenvalue weighted by molar-refractivity contribution is 7.85. The number of nitrogens with two attached hydrogens (primary N) is 1. The van der Waals surface area contributed by atoms with Crippen molar-refractivity contribution in [2.45, 2.75) is 27.7 Å². The molecule has 2 N–H and O–H groups in total. The summed E-state index contributed by atoms with van der Waals surface area (Å²) in [5.41, 5.74) is 8.13. The van der Waals surface area contributed by atoms with Crippen LogP contribution in [-0.2, 0) is 4.79 Å². The van der Waals surface area contributed by atoms with Crippen LogP contribution in [0.2, 0.25) is 10.0 Å². The maximum absolute atomic E-state index is 11.7. The number of hydrogen-bond acceptors (Lipinski definition) is 7. The van der Waals surface area contributed by atoms with Crippen LogP contribution in [0.5, 0.6) is 5.75 Å². The van der Waals surface area contributed by atoms with Crippen LogP contribution in [0.4, 0.5) is 5.95 Å². The molecule has 2 rings (SSSR count). The summed E-state index contributed by atoms with van der Waals surface area (Å²) in [7, 11) is 0. The van der Waals surface area contributed by atoms with Crippen LogP contribution in [0, 0.1) is 6.92 Å². The molecule has 6 nitrogen and oxygen atoms in total. The summed E-state index contributed by atoms with van der Waals surface area (Å²) in [6.07, 6.45) is 1.61. The number of carbonyl (C=O) groups is 1. The van der Waals surface area contributed by atoms with Crippen molar-refractivity contribution in [3.8, 4) is 17.0 Å². The van der Waals surface area contributed by atoms with Crippen molar-refractivity contribution in [2.24, 2.45) is 0 Å². The average Bonchev–Trinajstić information content (AvgIpc) is 2.68. The maximum Gasteiger partial charge on any atom is 0.220 e.